The molecule has 4 rings (SSSR count). The molecular weight excluding hydrogens is 445 g/mol. The Balaban J connectivity index is 1.53. The number of carbonyl (C=O) groups excluding carboxylic acids is 1. The van der Waals surface area contributed by atoms with Crippen LogP contribution in [0, 0.1) is 11.7 Å². The number of piperazine rings is 1. The summed E-state index contributed by atoms with van der Waals surface area (Å²) in [7, 11) is -2.34. The molecule has 1 amide bonds. The zero-order valence-corrected chi connectivity index (χ0v) is 19.9. The van der Waals surface area contributed by atoms with Gasteiger partial charge in [-0.05, 0) is 49.1 Å². The van der Waals surface area contributed by atoms with Crippen molar-refractivity contribution in [2.24, 2.45) is 5.92 Å². The van der Waals surface area contributed by atoms with Crippen LogP contribution < -0.4 is 9.64 Å². The summed E-state index contributed by atoms with van der Waals surface area (Å²) in [4.78, 5) is 16.8. The smallest absolute Gasteiger partial charge is 0.257 e. The van der Waals surface area contributed by atoms with Crippen molar-refractivity contribution in [1.29, 1.82) is 0 Å². The van der Waals surface area contributed by atoms with Crippen LogP contribution in [0.5, 0.6) is 5.75 Å². The first-order valence-electron chi connectivity index (χ1n) is 11.3. The van der Waals surface area contributed by atoms with Crippen molar-refractivity contribution in [2.75, 3.05) is 51.3 Å². The largest absolute Gasteiger partial charge is 0.496 e. The van der Waals surface area contributed by atoms with Gasteiger partial charge in [0.05, 0.1) is 23.3 Å². The summed E-state index contributed by atoms with van der Waals surface area (Å²) in [6.07, 6.45) is 1.86. The van der Waals surface area contributed by atoms with E-state index in [1.54, 1.807) is 29.2 Å². The van der Waals surface area contributed by atoms with E-state index in [9.17, 15) is 17.6 Å². The molecule has 2 aromatic carbocycles. The highest BCUT2D eigenvalue weighted by atomic mass is 32.2. The third kappa shape index (κ3) is 4.84. The minimum Gasteiger partial charge on any atom is -0.496 e. The van der Waals surface area contributed by atoms with Crippen molar-refractivity contribution in [3.63, 3.8) is 0 Å². The van der Waals surface area contributed by atoms with Crippen LogP contribution in [0.2, 0.25) is 0 Å². The number of benzene rings is 2. The summed E-state index contributed by atoms with van der Waals surface area (Å²) in [5.41, 5.74) is 0.737. The van der Waals surface area contributed by atoms with Gasteiger partial charge in [0.1, 0.15) is 11.6 Å². The van der Waals surface area contributed by atoms with E-state index < -0.39 is 10.0 Å². The Hall–Kier alpha value is -2.65. The number of carbonyl (C=O) groups is 1. The molecule has 2 aliphatic heterocycles. The monoisotopic (exact) mass is 475 g/mol. The fourth-order valence-corrected chi connectivity index (χ4v) is 5.87. The summed E-state index contributed by atoms with van der Waals surface area (Å²) in [5.74, 6) is 0.409. The van der Waals surface area contributed by atoms with Crippen molar-refractivity contribution < 1.29 is 22.3 Å². The average Bonchev–Trinajstić information content (AvgIpc) is 2.84. The molecular formula is C24H30FN3O4S. The number of likely N-dealkylation sites (tertiary alicyclic amines) is 1. The number of ether oxygens (including phenoxy) is 1. The zero-order chi connectivity index (χ0) is 23.6. The molecule has 2 aliphatic rings. The number of hydrogen-bond acceptors (Lipinski definition) is 5. The molecule has 2 saturated heterocycles. The number of nitrogens with zero attached hydrogens (tertiary/aromatic N) is 3. The third-order valence-electron chi connectivity index (χ3n) is 6.54. The Kier molecular flexibility index (Phi) is 6.90. The minimum atomic E-state index is -3.81. The summed E-state index contributed by atoms with van der Waals surface area (Å²) < 4.78 is 47.6. The highest BCUT2D eigenvalue weighted by Gasteiger charge is 2.31. The SMILES string of the molecule is COc1ccc(S(=O)(=O)N2CCN(c3ccccc3F)CC2)cc1C(=O)N1CCC(C)CC1. The van der Waals surface area contributed by atoms with Crippen molar-refractivity contribution in [3.05, 3.63) is 53.8 Å². The topological polar surface area (TPSA) is 70.2 Å². The average molecular weight is 476 g/mol. The van der Waals surface area contributed by atoms with Gasteiger partial charge in [-0.3, -0.25) is 4.79 Å². The van der Waals surface area contributed by atoms with E-state index in [4.69, 9.17) is 4.74 Å². The van der Waals surface area contributed by atoms with Crippen molar-refractivity contribution >= 4 is 21.6 Å². The molecule has 0 N–H and O–H groups in total. The molecule has 0 aliphatic carbocycles. The maximum Gasteiger partial charge on any atom is 0.257 e. The molecule has 0 unspecified atom stereocenters. The van der Waals surface area contributed by atoms with Gasteiger partial charge in [-0.2, -0.15) is 4.31 Å². The van der Waals surface area contributed by atoms with Gasteiger partial charge in [-0.1, -0.05) is 19.1 Å². The Bertz CT molecular complexity index is 1110. The summed E-state index contributed by atoms with van der Waals surface area (Å²) in [5, 5.41) is 0. The van der Waals surface area contributed by atoms with Crippen LogP contribution in [0.4, 0.5) is 10.1 Å². The lowest BCUT2D eigenvalue weighted by atomic mass is 9.98. The van der Waals surface area contributed by atoms with Crippen LogP contribution in [-0.4, -0.2) is 69.9 Å². The normalized spacial score (nSPS) is 18.4. The van der Waals surface area contributed by atoms with E-state index in [0.717, 1.165) is 12.8 Å². The first kappa shape index (κ1) is 23.5. The Morgan fingerprint density at radius 1 is 1.00 bits per heavy atom. The van der Waals surface area contributed by atoms with Gasteiger partial charge in [0, 0.05) is 39.3 Å². The van der Waals surface area contributed by atoms with Crippen LogP contribution >= 0.6 is 0 Å². The lowest BCUT2D eigenvalue weighted by Gasteiger charge is -2.35. The maximum atomic E-state index is 14.1. The van der Waals surface area contributed by atoms with E-state index in [1.165, 1.54) is 29.6 Å². The fraction of sp³-hybridized carbons (Fsp3) is 0.458. The second-order valence-electron chi connectivity index (χ2n) is 8.68. The highest BCUT2D eigenvalue weighted by molar-refractivity contribution is 7.89. The highest BCUT2D eigenvalue weighted by Crippen LogP contribution is 2.29. The van der Waals surface area contributed by atoms with Crippen LogP contribution in [0.25, 0.3) is 0 Å². The van der Waals surface area contributed by atoms with Crippen molar-refractivity contribution in [1.82, 2.24) is 9.21 Å². The van der Waals surface area contributed by atoms with E-state index >= 15 is 0 Å². The van der Waals surface area contributed by atoms with Crippen molar-refractivity contribution in [3.8, 4) is 5.75 Å². The lowest BCUT2D eigenvalue weighted by molar-refractivity contribution is 0.0693. The van der Waals surface area contributed by atoms with Gasteiger partial charge >= 0.3 is 0 Å². The molecule has 0 saturated carbocycles. The number of hydrogen-bond donors (Lipinski definition) is 0. The van der Waals surface area contributed by atoms with Gasteiger partial charge in [0.2, 0.25) is 10.0 Å². The first-order valence-corrected chi connectivity index (χ1v) is 12.7. The van der Waals surface area contributed by atoms with Crippen LogP contribution in [0.1, 0.15) is 30.1 Å². The summed E-state index contributed by atoms with van der Waals surface area (Å²) >= 11 is 0. The quantitative estimate of drug-likeness (QED) is 0.664. The van der Waals surface area contributed by atoms with Gasteiger partial charge < -0.3 is 14.5 Å². The third-order valence-corrected chi connectivity index (χ3v) is 8.44. The van der Waals surface area contributed by atoms with Crippen LogP contribution in [0.3, 0.4) is 0 Å². The zero-order valence-electron chi connectivity index (χ0n) is 19.0. The van der Waals surface area contributed by atoms with Gasteiger partial charge in [0.25, 0.3) is 5.91 Å². The predicted molar refractivity (Wildman–Crippen MR) is 125 cm³/mol. The number of piperidine rings is 1. The molecule has 2 aromatic rings. The Morgan fingerprint density at radius 2 is 1.67 bits per heavy atom. The molecule has 7 nitrogen and oxygen atoms in total. The molecule has 178 valence electrons. The lowest BCUT2D eigenvalue weighted by Crippen LogP contribution is -2.49. The number of anilines is 1. The first-order chi connectivity index (χ1) is 15.8. The van der Waals surface area contributed by atoms with Gasteiger partial charge in [-0.25, -0.2) is 12.8 Å². The number of sulfonamides is 1. The standard InChI is InChI=1S/C24H30FN3O4S/c1-18-9-11-27(12-10-18)24(29)20-17-19(7-8-23(20)32-2)33(30,31)28-15-13-26(14-16-28)22-6-4-3-5-21(22)25/h3-8,17-18H,9-16H2,1-2H3. The Morgan fingerprint density at radius 3 is 2.30 bits per heavy atom. The second-order valence-corrected chi connectivity index (χ2v) is 10.6. The van der Waals surface area contributed by atoms with Gasteiger partial charge in [0.15, 0.2) is 0 Å². The van der Waals surface area contributed by atoms with E-state index in [1.807, 2.05) is 4.90 Å². The number of para-hydroxylation sites is 1. The predicted octanol–water partition coefficient (Wildman–Crippen LogP) is 3.22. The molecule has 33 heavy (non-hydrogen) atoms. The van der Waals surface area contributed by atoms with Gasteiger partial charge in [-0.15, -0.1) is 0 Å². The molecule has 2 fully saturated rings. The maximum absolute atomic E-state index is 14.1. The van der Waals surface area contributed by atoms with Crippen LogP contribution in [-0.2, 0) is 10.0 Å². The number of halogens is 1. The van der Waals surface area contributed by atoms with Crippen LogP contribution in [0.15, 0.2) is 47.4 Å². The van der Waals surface area contributed by atoms with E-state index in [0.29, 0.717) is 43.5 Å². The molecule has 0 spiro atoms. The molecule has 0 bridgehead atoms. The molecule has 9 heteroatoms. The van der Waals surface area contributed by atoms with E-state index in [-0.39, 0.29) is 35.3 Å². The molecule has 0 atom stereocenters. The second kappa shape index (κ2) is 9.69. The molecule has 0 radical (unpaired) electrons. The number of amides is 1. The summed E-state index contributed by atoms with van der Waals surface area (Å²) in [6, 6.07) is 10.9. The van der Waals surface area contributed by atoms with Crippen molar-refractivity contribution in [2.45, 2.75) is 24.7 Å². The molecule has 2 heterocycles. The number of rotatable bonds is 5. The fourth-order valence-electron chi connectivity index (χ4n) is 4.42. The summed E-state index contributed by atoms with van der Waals surface area (Å²) in [6.45, 7) is 4.70. The van der Waals surface area contributed by atoms with E-state index in [2.05, 4.69) is 6.92 Å². The Labute approximate surface area is 194 Å². The molecule has 0 aromatic heterocycles. The number of methoxy groups -OCH3 is 1. The minimum absolute atomic E-state index is 0.0661.